The van der Waals surface area contributed by atoms with E-state index in [1.807, 2.05) is 0 Å². The molecule has 0 saturated heterocycles. The summed E-state index contributed by atoms with van der Waals surface area (Å²) in [6, 6.07) is 4.79. The highest BCUT2D eigenvalue weighted by atomic mass is 19.2. The van der Waals surface area contributed by atoms with Crippen molar-refractivity contribution in [3.05, 3.63) is 147 Å². The van der Waals surface area contributed by atoms with E-state index in [2.05, 4.69) is 0 Å². The highest BCUT2D eigenvalue weighted by molar-refractivity contribution is 6.66. The monoisotopic (exact) mass is 830 g/mol. The lowest BCUT2D eigenvalue weighted by Crippen LogP contribution is -2.44. The Morgan fingerprint density at radius 1 is 0.328 bits per heavy atom. The second kappa shape index (κ2) is 13.3. The minimum Gasteiger partial charge on any atom is -0.519 e. The molecule has 8 aromatic carbocycles. The van der Waals surface area contributed by atoms with Crippen molar-refractivity contribution in [1.29, 1.82) is 0 Å². The van der Waals surface area contributed by atoms with Crippen molar-refractivity contribution in [2.45, 2.75) is 0 Å². The fraction of sp³-hybridized carbons (Fsp3) is 0. The van der Waals surface area contributed by atoms with E-state index < -0.39 is 172 Å². The first-order chi connectivity index (χ1) is 27.4. The molecule has 0 radical (unpaired) electrons. The summed E-state index contributed by atoms with van der Waals surface area (Å²) in [5, 5.41) is -7.15. The molecule has 0 atom stereocenters. The van der Waals surface area contributed by atoms with Crippen molar-refractivity contribution in [1.82, 2.24) is 0 Å². The molecule has 8 aromatic rings. The molecule has 0 spiro atoms. The van der Waals surface area contributed by atoms with Gasteiger partial charge in [0.25, 0.3) is 0 Å². The minimum absolute atomic E-state index is 0.125. The molecule has 8 rings (SSSR count). The SMILES string of the molecule is Fc1cc(F)c2c(F)ccc(B(Oc3c(F)c(F)c(F)c(F)c3-c3c(F)c(F)c(F)c(F)c3F)Oc3c(F)c(F)c4c(F)c(F)c5c(F)ccc6ccc3c4c65)c2c1. The minimum atomic E-state index is -3.10. The zero-order valence-electron chi connectivity index (χ0n) is 27.4. The number of hydrogen-bond acceptors (Lipinski definition) is 2. The van der Waals surface area contributed by atoms with Crippen molar-refractivity contribution >= 4 is 55.7 Å². The number of fused-ring (bicyclic) bond motifs is 1. The molecule has 0 amide bonds. The lowest BCUT2D eigenvalue weighted by atomic mass is 9.75. The van der Waals surface area contributed by atoms with Crippen LogP contribution in [0.1, 0.15) is 0 Å². The normalized spacial score (nSPS) is 11.9. The predicted octanol–water partition coefficient (Wildman–Crippen LogP) is 11.6. The van der Waals surface area contributed by atoms with Gasteiger partial charge in [0.1, 0.15) is 29.0 Å². The third-order valence-electron chi connectivity index (χ3n) is 9.28. The fourth-order valence-corrected chi connectivity index (χ4v) is 6.75. The van der Waals surface area contributed by atoms with Gasteiger partial charge in [0.05, 0.1) is 27.3 Å². The quantitative estimate of drug-likeness (QED) is 0.0546. The molecule has 0 heterocycles. The van der Waals surface area contributed by atoms with Crippen LogP contribution in [0.4, 0.5) is 74.6 Å². The average Bonchev–Trinajstić information content (AvgIpc) is 3.18. The molecule has 2 nitrogen and oxygen atoms in total. The molecule has 0 bridgehead atoms. The molecular weight excluding hydrogens is 822 g/mol. The third kappa shape index (κ3) is 5.29. The summed E-state index contributed by atoms with van der Waals surface area (Å²) >= 11 is 0. The molecular formula is C38H8BF17O2. The topological polar surface area (TPSA) is 18.5 Å². The van der Waals surface area contributed by atoms with Crippen LogP contribution in [0.5, 0.6) is 11.5 Å². The Labute approximate surface area is 309 Å². The van der Waals surface area contributed by atoms with E-state index in [4.69, 9.17) is 9.31 Å². The zero-order chi connectivity index (χ0) is 42.0. The van der Waals surface area contributed by atoms with E-state index in [0.717, 1.165) is 18.2 Å². The smallest absolute Gasteiger partial charge is 0.519 e. The van der Waals surface area contributed by atoms with Gasteiger partial charge in [-0.05, 0) is 35.0 Å². The van der Waals surface area contributed by atoms with Gasteiger partial charge in [-0.3, -0.25) is 0 Å². The van der Waals surface area contributed by atoms with Gasteiger partial charge in [-0.1, -0.05) is 18.2 Å². The van der Waals surface area contributed by atoms with Gasteiger partial charge in [-0.15, -0.1) is 0 Å². The Morgan fingerprint density at radius 3 is 1.47 bits per heavy atom. The Bertz CT molecular complexity index is 3090. The van der Waals surface area contributed by atoms with Gasteiger partial charge in [-0.25, -0.2) is 65.9 Å². The summed E-state index contributed by atoms with van der Waals surface area (Å²) in [4.78, 5) is 0. The number of hydrogen-bond donors (Lipinski definition) is 0. The molecule has 0 unspecified atom stereocenters. The van der Waals surface area contributed by atoms with E-state index in [1.54, 1.807) is 0 Å². The van der Waals surface area contributed by atoms with E-state index in [1.165, 1.54) is 0 Å². The summed E-state index contributed by atoms with van der Waals surface area (Å²) in [6.07, 6.45) is 0. The Balaban J connectivity index is 1.48. The first-order valence-corrected chi connectivity index (χ1v) is 15.8. The lowest BCUT2D eigenvalue weighted by molar-refractivity contribution is 0.363. The highest BCUT2D eigenvalue weighted by Crippen LogP contribution is 2.46. The van der Waals surface area contributed by atoms with Gasteiger partial charge >= 0.3 is 7.12 Å². The van der Waals surface area contributed by atoms with Crippen molar-refractivity contribution in [2.24, 2.45) is 0 Å². The molecule has 0 N–H and O–H groups in total. The van der Waals surface area contributed by atoms with Crippen molar-refractivity contribution in [2.75, 3.05) is 0 Å². The molecule has 0 aromatic heterocycles. The van der Waals surface area contributed by atoms with Crippen LogP contribution < -0.4 is 14.8 Å². The Hall–Kier alpha value is -6.47. The van der Waals surface area contributed by atoms with Crippen LogP contribution >= 0.6 is 0 Å². The van der Waals surface area contributed by atoms with Crippen LogP contribution in [0.15, 0.2) is 48.5 Å². The molecule has 0 saturated carbocycles. The van der Waals surface area contributed by atoms with Crippen molar-refractivity contribution in [3.63, 3.8) is 0 Å². The van der Waals surface area contributed by atoms with Crippen molar-refractivity contribution < 1.29 is 83.9 Å². The summed E-state index contributed by atoms with van der Waals surface area (Å²) in [7, 11) is -3.10. The summed E-state index contributed by atoms with van der Waals surface area (Å²) in [5.41, 5.74) is -5.98. The predicted molar refractivity (Wildman–Crippen MR) is 172 cm³/mol. The van der Waals surface area contributed by atoms with E-state index in [9.17, 15) is 35.1 Å². The Morgan fingerprint density at radius 2 is 0.810 bits per heavy atom. The largest absolute Gasteiger partial charge is 0.633 e. The van der Waals surface area contributed by atoms with Crippen LogP contribution in [0.25, 0.3) is 54.2 Å². The summed E-state index contributed by atoms with van der Waals surface area (Å²) < 4.78 is 267. The second-order valence-corrected chi connectivity index (χ2v) is 12.4. The van der Waals surface area contributed by atoms with Crippen LogP contribution in [0.2, 0.25) is 0 Å². The van der Waals surface area contributed by atoms with E-state index in [-0.39, 0.29) is 11.5 Å². The lowest BCUT2D eigenvalue weighted by Gasteiger charge is -2.24. The molecule has 294 valence electrons. The van der Waals surface area contributed by atoms with Gasteiger partial charge in [-0.2, -0.15) is 8.78 Å². The molecule has 0 aliphatic carbocycles. The van der Waals surface area contributed by atoms with Crippen LogP contribution in [-0.4, -0.2) is 7.12 Å². The maximum absolute atomic E-state index is 16.2. The molecule has 0 fully saturated rings. The average molecular weight is 830 g/mol. The fourth-order valence-electron chi connectivity index (χ4n) is 6.75. The molecule has 0 aliphatic rings. The Kier molecular flexibility index (Phi) is 8.81. The van der Waals surface area contributed by atoms with Gasteiger partial charge in [0, 0.05) is 27.7 Å². The van der Waals surface area contributed by atoms with Gasteiger partial charge < -0.3 is 9.31 Å². The number of rotatable bonds is 6. The summed E-state index contributed by atoms with van der Waals surface area (Å²) in [6.45, 7) is 0. The maximum atomic E-state index is 16.2. The van der Waals surface area contributed by atoms with Gasteiger partial charge in [0.2, 0.25) is 17.5 Å². The molecule has 58 heavy (non-hydrogen) atoms. The number of halogens is 17. The number of benzene rings is 8. The highest BCUT2D eigenvalue weighted by Gasteiger charge is 2.40. The first-order valence-electron chi connectivity index (χ1n) is 15.8. The van der Waals surface area contributed by atoms with Crippen LogP contribution in [0.3, 0.4) is 0 Å². The first kappa shape index (κ1) is 38.4. The zero-order valence-corrected chi connectivity index (χ0v) is 27.4. The van der Waals surface area contributed by atoms with Crippen molar-refractivity contribution in [3.8, 4) is 22.6 Å². The van der Waals surface area contributed by atoms with Crippen LogP contribution in [-0.2, 0) is 0 Å². The maximum Gasteiger partial charge on any atom is 0.633 e. The van der Waals surface area contributed by atoms with Crippen LogP contribution in [0, 0.1) is 98.9 Å². The molecule has 0 aliphatic heterocycles. The summed E-state index contributed by atoms with van der Waals surface area (Å²) in [5.74, 6) is -44.8. The second-order valence-electron chi connectivity index (χ2n) is 12.4. The third-order valence-corrected chi connectivity index (χ3v) is 9.28. The standard InChI is InChI=1S/C38H8BF17O2/c40-10-7-12-13(4-6-14(41)18(12)16(43)8-10)39(58-38-23(29(49)32(52)34(54)36(38)56)22-26(46)30(50)33(53)31(51)27(22)47)57-37-11-3-1-9-2-5-15(42)20-17(9)19(11)21(25(45)24(20)44)28(48)35(37)55/h1-8H. The van der Waals surface area contributed by atoms with E-state index in [0.29, 0.717) is 24.3 Å². The van der Waals surface area contributed by atoms with E-state index >= 15 is 39.5 Å². The molecule has 20 heteroatoms. The van der Waals surface area contributed by atoms with Gasteiger partial charge in [0.15, 0.2) is 63.9 Å².